The summed E-state index contributed by atoms with van der Waals surface area (Å²) in [5.74, 6) is -0.629. The van der Waals surface area contributed by atoms with Crippen LogP contribution in [0, 0.1) is 5.82 Å². The molecule has 0 heterocycles. The summed E-state index contributed by atoms with van der Waals surface area (Å²) < 4.78 is 38.3. The van der Waals surface area contributed by atoms with E-state index in [-0.39, 0.29) is 23.1 Å². The highest BCUT2D eigenvalue weighted by Crippen LogP contribution is 2.14. The molecule has 0 spiro atoms. The molecule has 2 aromatic carbocycles. The van der Waals surface area contributed by atoms with Crippen molar-refractivity contribution >= 4 is 21.7 Å². The summed E-state index contributed by atoms with van der Waals surface area (Å²) in [7, 11) is 1.26. The van der Waals surface area contributed by atoms with E-state index in [1.54, 1.807) is 27.2 Å². The predicted molar refractivity (Wildman–Crippen MR) is 116 cm³/mol. The molecular formula is C21H27FN4O3S. The van der Waals surface area contributed by atoms with Gasteiger partial charge in [-0.05, 0) is 36.2 Å². The molecule has 0 atom stereocenters. The third kappa shape index (κ3) is 6.55. The van der Waals surface area contributed by atoms with Gasteiger partial charge in [0.15, 0.2) is 15.8 Å². The largest absolute Gasteiger partial charge is 0.356 e. The van der Waals surface area contributed by atoms with E-state index in [0.29, 0.717) is 24.5 Å². The van der Waals surface area contributed by atoms with Crippen molar-refractivity contribution in [3.63, 3.8) is 0 Å². The Bertz CT molecular complexity index is 1010. The number of benzene rings is 2. The van der Waals surface area contributed by atoms with Crippen LogP contribution in [-0.2, 0) is 16.3 Å². The maximum atomic E-state index is 13.7. The maximum Gasteiger partial charge on any atom is 0.253 e. The molecule has 0 aliphatic heterocycles. The summed E-state index contributed by atoms with van der Waals surface area (Å²) in [6, 6.07) is 12.7. The summed E-state index contributed by atoms with van der Waals surface area (Å²) in [4.78, 5) is 17.3. The van der Waals surface area contributed by atoms with Crippen molar-refractivity contribution in [2.24, 2.45) is 4.99 Å². The molecule has 0 aliphatic carbocycles. The lowest BCUT2D eigenvalue weighted by Crippen LogP contribution is -2.40. The quantitative estimate of drug-likeness (QED) is 0.488. The molecule has 30 heavy (non-hydrogen) atoms. The van der Waals surface area contributed by atoms with E-state index < -0.39 is 15.7 Å². The fourth-order valence-corrected chi connectivity index (χ4v) is 4.02. The average Bonchev–Trinajstić information content (AvgIpc) is 2.72. The van der Waals surface area contributed by atoms with E-state index in [2.05, 4.69) is 15.6 Å². The minimum absolute atomic E-state index is 0.0571. The molecule has 162 valence electrons. The Balaban J connectivity index is 1.84. The van der Waals surface area contributed by atoms with Gasteiger partial charge in [-0.25, -0.2) is 12.8 Å². The number of rotatable bonds is 8. The van der Waals surface area contributed by atoms with Crippen LogP contribution >= 0.6 is 0 Å². The van der Waals surface area contributed by atoms with Crippen LogP contribution in [-0.4, -0.2) is 65.2 Å². The number of carbonyl (C=O) groups excluding carboxylic acids is 1. The third-order valence-corrected chi connectivity index (χ3v) is 6.09. The van der Waals surface area contributed by atoms with E-state index in [1.807, 2.05) is 18.2 Å². The number of nitrogens with one attached hydrogen (secondary N) is 2. The summed E-state index contributed by atoms with van der Waals surface area (Å²) in [6.45, 7) is 0.627. The second-order valence-electron chi connectivity index (χ2n) is 6.83. The van der Waals surface area contributed by atoms with Gasteiger partial charge in [0.05, 0.1) is 5.75 Å². The number of halogens is 1. The van der Waals surface area contributed by atoms with Crippen LogP contribution < -0.4 is 10.6 Å². The van der Waals surface area contributed by atoms with Crippen LogP contribution in [0.2, 0.25) is 0 Å². The minimum atomic E-state index is -3.73. The Hall–Kier alpha value is -2.94. The molecule has 0 radical (unpaired) electrons. The van der Waals surface area contributed by atoms with Gasteiger partial charge >= 0.3 is 0 Å². The Kier molecular flexibility index (Phi) is 8.35. The molecule has 0 bridgehead atoms. The normalized spacial score (nSPS) is 11.8. The second-order valence-corrected chi connectivity index (χ2v) is 8.90. The molecule has 2 N–H and O–H groups in total. The Labute approximate surface area is 176 Å². The highest BCUT2D eigenvalue weighted by Gasteiger charge is 2.18. The number of sulfone groups is 1. The standard InChI is InChI=1S/C21H27FN4O3S/c1-23-21(25-13-14-30(28,29)19-10-5-4-9-18(19)22)24-12-11-16-7-6-8-17(15-16)20(27)26(2)3/h4-10,15H,11-14H2,1-3H3,(H2,23,24,25). The van der Waals surface area contributed by atoms with E-state index in [9.17, 15) is 17.6 Å². The van der Waals surface area contributed by atoms with Crippen LogP contribution in [0.1, 0.15) is 15.9 Å². The number of nitrogens with zero attached hydrogens (tertiary/aromatic N) is 2. The molecule has 7 nitrogen and oxygen atoms in total. The number of hydrogen-bond donors (Lipinski definition) is 2. The van der Waals surface area contributed by atoms with Crippen LogP contribution in [0.25, 0.3) is 0 Å². The first kappa shape index (κ1) is 23.3. The number of aliphatic imine (C=N–C) groups is 1. The molecular weight excluding hydrogens is 407 g/mol. The van der Waals surface area contributed by atoms with Crippen LogP contribution in [0.5, 0.6) is 0 Å². The maximum absolute atomic E-state index is 13.7. The van der Waals surface area contributed by atoms with Gasteiger partial charge < -0.3 is 15.5 Å². The zero-order valence-electron chi connectivity index (χ0n) is 17.4. The lowest BCUT2D eigenvalue weighted by Gasteiger charge is -2.13. The van der Waals surface area contributed by atoms with Crippen LogP contribution in [0.3, 0.4) is 0 Å². The molecule has 0 fully saturated rings. The molecule has 2 rings (SSSR count). The van der Waals surface area contributed by atoms with Gasteiger partial charge in [-0.15, -0.1) is 0 Å². The van der Waals surface area contributed by atoms with Gasteiger partial charge in [0.1, 0.15) is 10.7 Å². The van der Waals surface area contributed by atoms with Crippen molar-refractivity contribution in [2.75, 3.05) is 40.0 Å². The molecule has 2 aromatic rings. The fourth-order valence-electron chi connectivity index (χ4n) is 2.77. The summed E-state index contributed by atoms with van der Waals surface area (Å²) in [5.41, 5.74) is 1.62. The van der Waals surface area contributed by atoms with Crippen LogP contribution in [0.4, 0.5) is 4.39 Å². The number of carbonyl (C=O) groups is 1. The molecule has 0 aliphatic rings. The average molecular weight is 435 g/mol. The Morgan fingerprint density at radius 3 is 2.43 bits per heavy atom. The van der Waals surface area contributed by atoms with E-state index in [0.717, 1.165) is 11.6 Å². The van der Waals surface area contributed by atoms with Gasteiger partial charge in [0, 0.05) is 39.8 Å². The highest BCUT2D eigenvalue weighted by atomic mass is 32.2. The molecule has 0 saturated heterocycles. The van der Waals surface area contributed by atoms with Gasteiger partial charge in [0.2, 0.25) is 0 Å². The van der Waals surface area contributed by atoms with Crippen molar-refractivity contribution in [2.45, 2.75) is 11.3 Å². The van der Waals surface area contributed by atoms with E-state index >= 15 is 0 Å². The van der Waals surface area contributed by atoms with Crippen molar-refractivity contribution in [3.05, 3.63) is 65.5 Å². The zero-order chi connectivity index (χ0) is 22.1. The Morgan fingerprint density at radius 2 is 1.77 bits per heavy atom. The summed E-state index contributed by atoms with van der Waals surface area (Å²) >= 11 is 0. The first-order chi connectivity index (χ1) is 14.2. The first-order valence-electron chi connectivity index (χ1n) is 9.47. The number of amides is 1. The molecule has 1 amide bonds. The summed E-state index contributed by atoms with van der Waals surface area (Å²) in [6.07, 6.45) is 0.656. The van der Waals surface area contributed by atoms with Gasteiger partial charge in [-0.2, -0.15) is 0 Å². The lowest BCUT2D eigenvalue weighted by atomic mass is 10.1. The third-order valence-electron chi connectivity index (χ3n) is 4.34. The van der Waals surface area contributed by atoms with E-state index in [1.165, 1.54) is 23.1 Å². The SMILES string of the molecule is CN=C(NCCc1cccc(C(=O)N(C)C)c1)NCCS(=O)(=O)c1ccccc1F. The fraction of sp³-hybridized carbons (Fsp3) is 0.333. The predicted octanol–water partition coefficient (Wildman–Crippen LogP) is 1.71. The molecule has 0 saturated carbocycles. The molecule has 9 heteroatoms. The number of hydrogen-bond acceptors (Lipinski definition) is 4. The minimum Gasteiger partial charge on any atom is -0.356 e. The topological polar surface area (TPSA) is 90.9 Å². The van der Waals surface area contributed by atoms with Crippen molar-refractivity contribution < 1.29 is 17.6 Å². The highest BCUT2D eigenvalue weighted by molar-refractivity contribution is 7.91. The molecule has 0 unspecified atom stereocenters. The van der Waals surface area contributed by atoms with Gasteiger partial charge in [-0.3, -0.25) is 9.79 Å². The van der Waals surface area contributed by atoms with Gasteiger partial charge in [0.25, 0.3) is 5.91 Å². The van der Waals surface area contributed by atoms with Crippen molar-refractivity contribution in [3.8, 4) is 0 Å². The van der Waals surface area contributed by atoms with Crippen molar-refractivity contribution in [1.29, 1.82) is 0 Å². The molecule has 0 aromatic heterocycles. The Morgan fingerprint density at radius 1 is 1.07 bits per heavy atom. The van der Waals surface area contributed by atoms with E-state index in [4.69, 9.17) is 0 Å². The summed E-state index contributed by atoms with van der Waals surface area (Å²) in [5, 5.41) is 6.02. The monoisotopic (exact) mass is 434 g/mol. The van der Waals surface area contributed by atoms with Crippen molar-refractivity contribution in [1.82, 2.24) is 15.5 Å². The first-order valence-corrected chi connectivity index (χ1v) is 11.1. The second kappa shape index (κ2) is 10.7. The number of guanidine groups is 1. The smallest absolute Gasteiger partial charge is 0.253 e. The lowest BCUT2D eigenvalue weighted by molar-refractivity contribution is 0.0827. The van der Waals surface area contributed by atoms with Crippen LogP contribution in [0.15, 0.2) is 58.4 Å². The zero-order valence-corrected chi connectivity index (χ0v) is 18.2. The van der Waals surface area contributed by atoms with Gasteiger partial charge in [-0.1, -0.05) is 24.3 Å².